The molecule has 2 atom stereocenters. The molecule has 0 aliphatic carbocycles. The van der Waals surface area contributed by atoms with E-state index in [0.29, 0.717) is 19.1 Å². The summed E-state index contributed by atoms with van der Waals surface area (Å²) in [6, 6.07) is 35.5. The van der Waals surface area contributed by atoms with Crippen molar-refractivity contribution < 1.29 is 14.2 Å². The van der Waals surface area contributed by atoms with Crippen molar-refractivity contribution in [1.29, 1.82) is 0 Å². The Kier molecular flexibility index (Phi) is 9.79. The standard InChI is InChI=1S/C34H38O3/c1-4-13-27(5-2)28-20-22-31(23-21-28)37-26(3)35-24-25-36-34-32(29-14-8-6-9-15-29)18-12-19-33(34)30-16-10-7-11-17-30/h6-12,14-23,26-27H,4-5,13,24-25H2,1-3H3. The first-order valence-electron chi connectivity index (χ1n) is 13.4. The van der Waals surface area contributed by atoms with E-state index in [4.69, 9.17) is 14.2 Å². The molecule has 0 fully saturated rings. The molecule has 0 heterocycles. The van der Waals surface area contributed by atoms with Gasteiger partial charge in [-0.15, -0.1) is 0 Å². The van der Waals surface area contributed by atoms with Crippen molar-refractivity contribution in [2.75, 3.05) is 13.2 Å². The SMILES string of the molecule is CCCC(CC)c1ccc(OC(C)OCCOc2c(-c3ccccc3)cccc2-c2ccccc2)cc1. The molecule has 0 aromatic heterocycles. The highest BCUT2D eigenvalue weighted by molar-refractivity contribution is 5.82. The van der Waals surface area contributed by atoms with E-state index < -0.39 is 0 Å². The summed E-state index contributed by atoms with van der Waals surface area (Å²) in [5, 5.41) is 0. The molecule has 3 nitrogen and oxygen atoms in total. The Morgan fingerprint density at radius 1 is 0.649 bits per heavy atom. The molecule has 37 heavy (non-hydrogen) atoms. The summed E-state index contributed by atoms with van der Waals surface area (Å²) >= 11 is 0. The van der Waals surface area contributed by atoms with E-state index >= 15 is 0 Å². The lowest BCUT2D eigenvalue weighted by Gasteiger charge is -2.19. The Balaban J connectivity index is 1.38. The van der Waals surface area contributed by atoms with Crippen LogP contribution in [0.4, 0.5) is 0 Å². The summed E-state index contributed by atoms with van der Waals surface area (Å²) in [5.41, 5.74) is 5.77. The maximum atomic E-state index is 6.37. The van der Waals surface area contributed by atoms with Crippen LogP contribution in [0.2, 0.25) is 0 Å². The Bertz CT molecular complexity index is 1150. The summed E-state index contributed by atoms with van der Waals surface area (Å²) in [6.07, 6.45) is 3.21. The molecule has 0 aliphatic rings. The van der Waals surface area contributed by atoms with E-state index in [9.17, 15) is 0 Å². The van der Waals surface area contributed by atoms with Crippen LogP contribution < -0.4 is 9.47 Å². The average Bonchev–Trinajstić information content (AvgIpc) is 2.95. The zero-order valence-electron chi connectivity index (χ0n) is 22.2. The molecule has 2 unspecified atom stereocenters. The van der Waals surface area contributed by atoms with E-state index in [1.54, 1.807) is 0 Å². The molecule has 4 aromatic carbocycles. The van der Waals surface area contributed by atoms with E-state index in [1.807, 2.05) is 31.2 Å². The molecule has 0 bridgehead atoms. The van der Waals surface area contributed by atoms with Gasteiger partial charge in [0, 0.05) is 11.1 Å². The first kappa shape index (κ1) is 26.5. The molecule has 0 aliphatic heterocycles. The van der Waals surface area contributed by atoms with Crippen LogP contribution in [0.1, 0.15) is 51.5 Å². The van der Waals surface area contributed by atoms with Gasteiger partial charge in [-0.3, -0.25) is 0 Å². The van der Waals surface area contributed by atoms with Crippen molar-refractivity contribution in [3.8, 4) is 33.8 Å². The van der Waals surface area contributed by atoms with Crippen LogP contribution >= 0.6 is 0 Å². The first-order valence-corrected chi connectivity index (χ1v) is 13.4. The lowest BCUT2D eigenvalue weighted by atomic mass is 9.92. The maximum Gasteiger partial charge on any atom is 0.197 e. The van der Waals surface area contributed by atoms with Crippen LogP contribution in [0.25, 0.3) is 22.3 Å². The molecule has 0 amide bonds. The minimum atomic E-state index is -0.370. The van der Waals surface area contributed by atoms with Crippen molar-refractivity contribution in [2.24, 2.45) is 0 Å². The first-order chi connectivity index (χ1) is 18.2. The van der Waals surface area contributed by atoms with Gasteiger partial charge in [0.2, 0.25) is 0 Å². The number of hydrogen-bond acceptors (Lipinski definition) is 3. The van der Waals surface area contributed by atoms with Crippen molar-refractivity contribution in [3.63, 3.8) is 0 Å². The van der Waals surface area contributed by atoms with Crippen molar-refractivity contribution in [2.45, 2.75) is 52.2 Å². The largest absolute Gasteiger partial charge is 0.490 e. The highest BCUT2D eigenvalue weighted by Gasteiger charge is 2.14. The molecular formula is C34H38O3. The molecule has 0 radical (unpaired) electrons. The number of benzene rings is 4. The monoisotopic (exact) mass is 494 g/mol. The molecule has 4 rings (SSSR count). The lowest BCUT2D eigenvalue weighted by Crippen LogP contribution is -2.20. The fourth-order valence-corrected chi connectivity index (χ4v) is 4.74. The molecule has 3 heteroatoms. The van der Waals surface area contributed by atoms with Gasteiger partial charge >= 0.3 is 0 Å². The summed E-state index contributed by atoms with van der Waals surface area (Å²) < 4.78 is 18.3. The normalized spacial score (nSPS) is 12.6. The fraction of sp³-hybridized carbons (Fsp3) is 0.294. The van der Waals surface area contributed by atoms with Gasteiger partial charge in [-0.2, -0.15) is 0 Å². The third kappa shape index (κ3) is 7.24. The van der Waals surface area contributed by atoms with Gasteiger partial charge in [0.1, 0.15) is 18.1 Å². The van der Waals surface area contributed by atoms with Gasteiger partial charge in [-0.25, -0.2) is 0 Å². The van der Waals surface area contributed by atoms with E-state index in [0.717, 1.165) is 40.2 Å². The highest BCUT2D eigenvalue weighted by atomic mass is 16.7. The minimum absolute atomic E-state index is 0.370. The summed E-state index contributed by atoms with van der Waals surface area (Å²) in [4.78, 5) is 0. The van der Waals surface area contributed by atoms with Gasteiger partial charge in [0.15, 0.2) is 6.29 Å². The Morgan fingerprint density at radius 2 is 1.24 bits per heavy atom. The van der Waals surface area contributed by atoms with Crippen LogP contribution in [0.5, 0.6) is 11.5 Å². The molecule has 0 spiro atoms. The van der Waals surface area contributed by atoms with Crippen LogP contribution in [0, 0.1) is 0 Å². The number of ether oxygens (including phenoxy) is 3. The van der Waals surface area contributed by atoms with Crippen molar-refractivity contribution in [1.82, 2.24) is 0 Å². The Hall–Kier alpha value is -3.56. The highest BCUT2D eigenvalue weighted by Crippen LogP contribution is 2.39. The lowest BCUT2D eigenvalue weighted by molar-refractivity contribution is -0.0738. The molecule has 0 N–H and O–H groups in total. The second kappa shape index (κ2) is 13.7. The smallest absolute Gasteiger partial charge is 0.197 e. The topological polar surface area (TPSA) is 27.7 Å². The van der Waals surface area contributed by atoms with Crippen LogP contribution in [0.3, 0.4) is 0 Å². The summed E-state index contributed by atoms with van der Waals surface area (Å²) in [6.45, 7) is 7.26. The van der Waals surface area contributed by atoms with Gasteiger partial charge in [-0.1, -0.05) is 111 Å². The van der Waals surface area contributed by atoms with E-state index in [1.165, 1.54) is 18.4 Å². The number of hydrogen-bond donors (Lipinski definition) is 0. The van der Waals surface area contributed by atoms with Gasteiger partial charge in [0.05, 0.1) is 6.61 Å². The predicted octanol–water partition coefficient (Wildman–Crippen LogP) is 9.13. The van der Waals surface area contributed by atoms with Gasteiger partial charge in [-0.05, 0) is 54.5 Å². The quantitative estimate of drug-likeness (QED) is 0.137. The third-order valence-corrected chi connectivity index (χ3v) is 6.65. The number of rotatable bonds is 13. The zero-order chi connectivity index (χ0) is 25.9. The number of para-hydroxylation sites is 1. The molecule has 0 saturated carbocycles. The van der Waals surface area contributed by atoms with Crippen LogP contribution in [0.15, 0.2) is 103 Å². The van der Waals surface area contributed by atoms with Crippen molar-refractivity contribution in [3.05, 3.63) is 109 Å². The second-order valence-electron chi connectivity index (χ2n) is 9.28. The van der Waals surface area contributed by atoms with E-state index in [-0.39, 0.29) is 6.29 Å². The maximum absolute atomic E-state index is 6.37. The predicted molar refractivity (Wildman–Crippen MR) is 153 cm³/mol. The molecule has 192 valence electrons. The van der Waals surface area contributed by atoms with Crippen LogP contribution in [-0.4, -0.2) is 19.5 Å². The van der Waals surface area contributed by atoms with Gasteiger partial charge in [0.25, 0.3) is 0 Å². The summed E-state index contributed by atoms with van der Waals surface area (Å²) in [5.74, 6) is 2.30. The average molecular weight is 495 g/mol. The molecule has 4 aromatic rings. The molecular weight excluding hydrogens is 456 g/mol. The van der Waals surface area contributed by atoms with Gasteiger partial charge < -0.3 is 14.2 Å². The fourth-order valence-electron chi connectivity index (χ4n) is 4.74. The zero-order valence-corrected chi connectivity index (χ0v) is 22.2. The summed E-state index contributed by atoms with van der Waals surface area (Å²) in [7, 11) is 0. The Labute approximate surface area is 222 Å². The van der Waals surface area contributed by atoms with Crippen LogP contribution in [-0.2, 0) is 4.74 Å². The minimum Gasteiger partial charge on any atom is -0.490 e. The third-order valence-electron chi connectivity index (χ3n) is 6.65. The second-order valence-corrected chi connectivity index (χ2v) is 9.28. The van der Waals surface area contributed by atoms with Crippen molar-refractivity contribution >= 4 is 0 Å². The molecule has 0 saturated heterocycles. The Morgan fingerprint density at radius 3 is 1.78 bits per heavy atom. The van der Waals surface area contributed by atoms with E-state index in [2.05, 4.69) is 92.7 Å².